The van der Waals surface area contributed by atoms with Crippen LogP contribution in [-0.2, 0) is 17.8 Å². The van der Waals surface area contributed by atoms with E-state index in [1.54, 1.807) is 13.0 Å². The van der Waals surface area contributed by atoms with Crippen LogP contribution in [0.5, 0.6) is 0 Å². The molecule has 2 aromatic carbocycles. The summed E-state index contributed by atoms with van der Waals surface area (Å²) in [5.74, 6) is -0.774. The van der Waals surface area contributed by atoms with Crippen LogP contribution in [0.4, 0.5) is 10.1 Å². The van der Waals surface area contributed by atoms with Gasteiger partial charge in [-0.15, -0.1) is 24.8 Å². The molecule has 0 aliphatic rings. The van der Waals surface area contributed by atoms with E-state index in [2.05, 4.69) is 5.32 Å². The minimum absolute atomic E-state index is 0. The van der Waals surface area contributed by atoms with Gasteiger partial charge in [0.05, 0.1) is 5.54 Å². The number of rotatable bonds is 6. The van der Waals surface area contributed by atoms with E-state index in [4.69, 9.17) is 11.5 Å². The first-order valence-electron chi connectivity index (χ1n) is 7.03. The van der Waals surface area contributed by atoms with Gasteiger partial charge in [0.1, 0.15) is 5.82 Å². The van der Waals surface area contributed by atoms with Crippen LogP contribution in [0.3, 0.4) is 0 Å². The Hall–Kier alpha value is -1.82. The number of benzene rings is 2. The molecule has 7 heteroatoms. The van der Waals surface area contributed by atoms with Gasteiger partial charge in [0.2, 0.25) is 5.91 Å². The standard InChI is InChI=1S/C17H20FN3O.2ClH/c1-17(20,16(19)22)10-12-5-7-15(8-6-12)21-11-13-3-2-4-14(18)9-13;;/h2-9,21H,10-11,20H2,1H3,(H2,19,22);2*1H. The second-order valence-electron chi connectivity index (χ2n) is 5.64. The van der Waals surface area contributed by atoms with E-state index in [-0.39, 0.29) is 30.6 Å². The van der Waals surface area contributed by atoms with Gasteiger partial charge in [-0.1, -0.05) is 24.3 Å². The smallest absolute Gasteiger partial charge is 0.237 e. The molecule has 0 fully saturated rings. The number of hydrogen-bond acceptors (Lipinski definition) is 3. The number of hydrogen-bond donors (Lipinski definition) is 3. The van der Waals surface area contributed by atoms with E-state index in [0.717, 1.165) is 16.8 Å². The summed E-state index contributed by atoms with van der Waals surface area (Å²) in [6.45, 7) is 2.15. The number of anilines is 1. The van der Waals surface area contributed by atoms with E-state index >= 15 is 0 Å². The van der Waals surface area contributed by atoms with Crippen LogP contribution >= 0.6 is 24.8 Å². The molecular weight excluding hydrogens is 352 g/mol. The zero-order valence-corrected chi connectivity index (χ0v) is 14.9. The van der Waals surface area contributed by atoms with Crippen molar-refractivity contribution in [3.63, 3.8) is 0 Å². The van der Waals surface area contributed by atoms with Gasteiger partial charge in [0.25, 0.3) is 0 Å². The first-order chi connectivity index (χ1) is 10.4. The van der Waals surface area contributed by atoms with Crippen LogP contribution in [0, 0.1) is 5.82 Å². The molecule has 2 aromatic rings. The van der Waals surface area contributed by atoms with Gasteiger partial charge >= 0.3 is 0 Å². The van der Waals surface area contributed by atoms with Crippen LogP contribution in [0.1, 0.15) is 18.1 Å². The summed E-state index contributed by atoms with van der Waals surface area (Å²) in [4.78, 5) is 11.2. The Kier molecular flexibility index (Phi) is 8.75. The third kappa shape index (κ3) is 6.35. The summed E-state index contributed by atoms with van der Waals surface area (Å²) >= 11 is 0. The lowest BCUT2D eigenvalue weighted by Crippen LogP contribution is -2.51. The molecule has 1 unspecified atom stereocenters. The summed E-state index contributed by atoms with van der Waals surface area (Å²) in [6, 6.07) is 14.0. The van der Waals surface area contributed by atoms with Gasteiger partial charge in [0, 0.05) is 12.2 Å². The maximum Gasteiger partial charge on any atom is 0.237 e. The predicted octanol–water partition coefficient (Wildman–Crippen LogP) is 3.03. The fourth-order valence-corrected chi connectivity index (χ4v) is 2.10. The van der Waals surface area contributed by atoms with E-state index in [1.807, 2.05) is 30.3 Å². The average molecular weight is 374 g/mol. The molecule has 0 aromatic heterocycles. The van der Waals surface area contributed by atoms with Crippen LogP contribution in [-0.4, -0.2) is 11.4 Å². The third-order valence-electron chi connectivity index (χ3n) is 3.47. The predicted molar refractivity (Wildman–Crippen MR) is 100 cm³/mol. The summed E-state index contributed by atoms with van der Waals surface area (Å²) in [5.41, 5.74) is 12.8. The van der Waals surface area contributed by atoms with Crippen molar-refractivity contribution in [2.45, 2.75) is 25.4 Å². The van der Waals surface area contributed by atoms with Crippen molar-refractivity contribution >= 4 is 36.4 Å². The lowest BCUT2D eigenvalue weighted by molar-refractivity contribution is -0.122. The molecule has 0 heterocycles. The molecule has 0 aliphatic carbocycles. The fraction of sp³-hybridized carbons (Fsp3) is 0.235. The lowest BCUT2D eigenvalue weighted by Gasteiger charge is -2.20. The summed E-state index contributed by atoms with van der Waals surface area (Å²) in [6.07, 6.45) is 0.381. The average Bonchev–Trinajstić information content (AvgIpc) is 2.46. The van der Waals surface area contributed by atoms with E-state index in [9.17, 15) is 9.18 Å². The maximum absolute atomic E-state index is 13.1. The largest absolute Gasteiger partial charge is 0.381 e. The van der Waals surface area contributed by atoms with Crippen molar-refractivity contribution in [3.8, 4) is 0 Å². The molecule has 0 spiro atoms. The fourth-order valence-electron chi connectivity index (χ4n) is 2.10. The molecule has 4 nitrogen and oxygen atoms in total. The highest BCUT2D eigenvalue weighted by atomic mass is 35.5. The molecule has 24 heavy (non-hydrogen) atoms. The monoisotopic (exact) mass is 373 g/mol. The molecule has 0 bridgehead atoms. The van der Waals surface area contributed by atoms with Gasteiger partial charge in [-0.3, -0.25) is 4.79 Å². The highest BCUT2D eigenvalue weighted by Crippen LogP contribution is 2.15. The molecule has 5 N–H and O–H groups in total. The highest BCUT2D eigenvalue weighted by molar-refractivity contribution is 5.85. The van der Waals surface area contributed by atoms with Crippen LogP contribution in [0.2, 0.25) is 0 Å². The van der Waals surface area contributed by atoms with Gasteiger partial charge in [-0.25, -0.2) is 4.39 Å². The van der Waals surface area contributed by atoms with Crippen LogP contribution in [0.15, 0.2) is 48.5 Å². The van der Waals surface area contributed by atoms with Crippen LogP contribution in [0.25, 0.3) is 0 Å². The molecule has 0 radical (unpaired) electrons. The molecular formula is C17H22Cl2FN3O. The minimum atomic E-state index is -1.06. The number of nitrogens with one attached hydrogen (secondary N) is 1. The number of amides is 1. The van der Waals surface area contributed by atoms with E-state index < -0.39 is 11.4 Å². The quantitative estimate of drug-likeness (QED) is 0.727. The van der Waals surface area contributed by atoms with Crippen molar-refractivity contribution in [1.29, 1.82) is 0 Å². The topological polar surface area (TPSA) is 81.1 Å². The Labute approximate surface area is 153 Å². The Morgan fingerprint density at radius 3 is 2.29 bits per heavy atom. The maximum atomic E-state index is 13.1. The van der Waals surface area contributed by atoms with Crippen molar-refractivity contribution in [2.75, 3.05) is 5.32 Å². The van der Waals surface area contributed by atoms with Crippen molar-refractivity contribution in [3.05, 3.63) is 65.5 Å². The van der Waals surface area contributed by atoms with Crippen molar-refractivity contribution in [2.24, 2.45) is 11.5 Å². The van der Waals surface area contributed by atoms with E-state index in [1.165, 1.54) is 12.1 Å². The van der Waals surface area contributed by atoms with Crippen molar-refractivity contribution < 1.29 is 9.18 Å². The Morgan fingerprint density at radius 1 is 1.12 bits per heavy atom. The first kappa shape index (κ1) is 22.2. The SMILES string of the molecule is CC(N)(Cc1ccc(NCc2cccc(F)c2)cc1)C(N)=O.Cl.Cl. The van der Waals surface area contributed by atoms with Gasteiger partial charge < -0.3 is 16.8 Å². The number of carbonyl (C=O) groups is 1. The highest BCUT2D eigenvalue weighted by Gasteiger charge is 2.25. The lowest BCUT2D eigenvalue weighted by atomic mass is 9.93. The Bertz CT molecular complexity index is 663. The molecule has 1 amide bonds. The van der Waals surface area contributed by atoms with Crippen molar-refractivity contribution in [1.82, 2.24) is 0 Å². The van der Waals surface area contributed by atoms with Gasteiger partial charge in [0.15, 0.2) is 0 Å². The molecule has 0 saturated heterocycles. The van der Waals surface area contributed by atoms with E-state index in [0.29, 0.717) is 13.0 Å². The Balaban J connectivity index is 0.00000264. The third-order valence-corrected chi connectivity index (χ3v) is 3.47. The normalized spacial score (nSPS) is 12.3. The molecule has 0 aliphatic heterocycles. The van der Waals surface area contributed by atoms with Gasteiger partial charge in [-0.05, 0) is 48.7 Å². The number of carbonyl (C=O) groups excluding carboxylic acids is 1. The number of nitrogens with two attached hydrogens (primary N) is 2. The zero-order chi connectivity index (χ0) is 16.2. The molecule has 0 saturated carbocycles. The van der Waals surface area contributed by atoms with Crippen LogP contribution < -0.4 is 16.8 Å². The number of halogens is 3. The molecule has 2 rings (SSSR count). The first-order valence-corrected chi connectivity index (χ1v) is 7.03. The summed E-state index contributed by atoms with van der Waals surface area (Å²) < 4.78 is 13.1. The second kappa shape index (κ2) is 9.47. The summed E-state index contributed by atoms with van der Waals surface area (Å²) in [5, 5.41) is 3.21. The second-order valence-corrected chi connectivity index (χ2v) is 5.64. The minimum Gasteiger partial charge on any atom is -0.381 e. The number of primary amides is 1. The molecule has 132 valence electrons. The zero-order valence-electron chi connectivity index (χ0n) is 13.3. The molecule has 1 atom stereocenters. The van der Waals surface area contributed by atoms with Gasteiger partial charge in [-0.2, -0.15) is 0 Å². The Morgan fingerprint density at radius 2 is 1.75 bits per heavy atom. The summed E-state index contributed by atoms with van der Waals surface area (Å²) in [7, 11) is 0.